The van der Waals surface area contributed by atoms with Crippen molar-refractivity contribution in [2.75, 3.05) is 7.11 Å². The second-order valence-electron chi connectivity index (χ2n) is 5.99. The highest BCUT2D eigenvalue weighted by atomic mass is 35.5. The van der Waals surface area contributed by atoms with E-state index in [1.807, 2.05) is 24.3 Å². The van der Waals surface area contributed by atoms with Crippen molar-refractivity contribution in [3.63, 3.8) is 0 Å². The summed E-state index contributed by atoms with van der Waals surface area (Å²) in [5.74, 6) is -0.583. The molecule has 27 heavy (non-hydrogen) atoms. The molecule has 1 heterocycles. The Morgan fingerprint density at radius 3 is 2.67 bits per heavy atom. The van der Waals surface area contributed by atoms with Gasteiger partial charge in [0.05, 0.1) is 17.6 Å². The number of ether oxygens (including phenoxy) is 1. The second-order valence-corrected chi connectivity index (χ2v) is 6.40. The predicted octanol–water partition coefficient (Wildman–Crippen LogP) is 2.72. The van der Waals surface area contributed by atoms with Crippen LogP contribution in [0.5, 0.6) is 5.75 Å². The molecule has 1 aromatic heterocycles. The van der Waals surface area contributed by atoms with Crippen LogP contribution in [0.4, 0.5) is 0 Å². The summed E-state index contributed by atoms with van der Waals surface area (Å²) in [6, 6.07) is 15.1. The molecule has 3 rings (SSSR count). The number of nitrogens with two attached hydrogens (primary N) is 1. The summed E-state index contributed by atoms with van der Waals surface area (Å²) >= 11 is 6.11. The van der Waals surface area contributed by atoms with Gasteiger partial charge in [0.1, 0.15) is 17.5 Å². The molecule has 0 bridgehead atoms. The van der Waals surface area contributed by atoms with Crippen molar-refractivity contribution < 1.29 is 14.3 Å². The van der Waals surface area contributed by atoms with Gasteiger partial charge in [-0.15, -0.1) is 0 Å². The van der Waals surface area contributed by atoms with Crippen molar-refractivity contribution in [1.82, 2.24) is 10.3 Å². The zero-order chi connectivity index (χ0) is 19.4. The summed E-state index contributed by atoms with van der Waals surface area (Å²) in [5.41, 5.74) is 7.12. The number of carbonyl (C=O) groups is 2. The Hall–Kier alpha value is -3.12. The van der Waals surface area contributed by atoms with Gasteiger partial charge in [-0.1, -0.05) is 41.9 Å². The maximum absolute atomic E-state index is 12.5. The second kappa shape index (κ2) is 8.05. The van der Waals surface area contributed by atoms with E-state index in [9.17, 15) is 9.59 Å². The number of nitrogens with zero attached hydrogens (tertiary/aromatic N) is 1. The molecule has 2 amide bonds. The summed E-state index contributed by atoms with van der Waals surface area (Å²) < 4.78 is 5.11. The molecule has 0 aliphatic rings. The van der Waals surface area contributed by atoms with Crippen molar-refractivity contribution in [2.24, 2.45) is 5.73 Å². The lowest BCUT2D eigenvalue weighted by Gasteiger charge is -2.16. The fourth-order valence-corrected chi connectivity index (χ4v) is 3.00. The van der Waals surface area contributed by atoms with E-state index < -0.39 is 17.9 Å². The molecular formula is C20H18ClN3O3. The number of aromatic nitrogens is 1. The lowest BCUT2D eigenvalue weighted by molar-refractivity contribution is -0.119. The highest BCUT2D eigenvalue weighted by Gasteiger charge is 2.21. The highest BCUT2D eigenvalue weighted by Crippen LogP contribution is 2.25. The molecule has 0 saturated heterocycles. The van der Waals surface area contributed by atoms with Crippen LogP contribution in [0.2, 0.25) is 5.02 Å². The summed E-state index contributed by atoms with van der Waals surface area (Å²) in [5, 5.41) is 3.99. The first kappa shape index (κ1) is 18.7. The monoisotopic (exact) mass is 383 g/mol. The van der Waals surface area contributed by atoms with Gasteiger partial charge in [0.25, 0.3) is 5.91 Å². The maximum Gasteiger partial charge on any atom is 0.270 e. The number of para-hydroxylation sites is 1. The Balaban J connectivity index is 1.77. The number of fused-ring (bicyclic) bond motifs is 1. The minimum absolute atomic E-state index is 0.207. The molecule has 0 unspecified atom stereocenters. The quantitative estimate of drug-likeness (QED) is 0.684. The van der Waals surface area contributed by atoms with Gasteiger partial charge in [-0.25, -0.2) is 4.98 Å². The number of carbonyl (C=O) groups excluding carboxylic acids is 2. The average Bonchev–Trinajstić information content (AvgIpc) is 2.67. The Morgan fingerprint density at radius 1 is 1.19 bits per heavy atom. The van der Waals surface area contributed by atoms with Gasteiger partial charge in [0.2, 0.25) is 5.91 Å². The van der Waals surface area contributed by atoms with E-state index in [1.54, 1.807) is 30.3 Å². The molecule has 0 aliphatic carbocycles. The van der Waals surface area contributed by atoms with E-state index in [4.69, 9.17) is 22.1 Å². The normalized spacial score (nSPS) is 11.8. The molecule has 3 aromatic rings. The van der Waals surface area contributed by atoms with Crippen LogP contribution < -0.4 is 15.8 Å². The SMILES string of the molecule is COc1ccc(C[C@H](NC(=O)c2ccc3ccccc3n2)C(N)=O)cc1Cl. The number of rotatable bonds is 6. The Morgan fingerprint density at radius 2 is 1.96 bits per heavy atom. The van der Waals surface area contributed by atoms with Crippen molar-refractivity contribution >= 4 is 34.3 Å². The van der Waals surface area contributed by atoms with E-state index >= 15 is 0 Å². The zero-order valence-corrected chi connectivity index (χ0v) is 15.4. The van der Waals surface area contributed by atoms with Crippen LogP contribution in [0.25, 0.3) is 10.9 Å². The number of nitrogens with one attached hydrogen (secondary N) is 1. The van der Waals surface area contributed by atoms with Gasteiger partial charge in [-0.3, -0.25) is 9.59 Å². The third-order valence-electron chi connectivity index (χ3n) is 4.14. The number of pyridine rings is 1. The topological polar surface area (TPSA) is 94.3 Å². The summed E-state index contributed by atoms with van der Waals surface area (Å²) in [6.45, 7) is 0. The van der Waals surface area contributed by atoms with Crippen LogP contribution in [0.1, 0.15) is 16.1 Å². The zero-order valence-electron chi connectivity index (χ0n) is 14.6. The molecule has 0 saturated carbocycles. The van der Waals surface area contributed by atoms with Gasteiger partial charge in [-0.05, 0) is 29.8 Å². The minimum atomic E-state index is -0.893. The Bertz CT molecular complexity index is 1010. The van der Waals surface area contributed by atoms with Crippen molar-refractivity contribution in [3.05, 3.63) is 70.9 Å². The lowest BCUT2D eigenvalue weighted by Crippen LogP contribution is -2.46. The van der Waals surface area contributed by atoms with Crippen LogP contribution >= 0.6 is 11.6 Å². The molecule has 2 aromatic carbocycles. The molecular weight excluding hydrogens is 366 g/mol. The molecule has 3 N–H and O–H groups in total. The number of methoxy groups -OCH3 is 1. The fraction of sp³-hybridized carbons (Fsp3) is 0.150. The van der Waals surface area contributed by atoms with Gasteiger partial charge in [0.15, 0.2) is 0 Å². The first-order valence-electron chi connectivity index (χ1n) is 8.26. The van der Waals surface area contributed by atoms with Crippen LogP contribution in [0.3, 0.4) is 0 Å². The van der Waals surface area contributed by atoms with E-state index in [2.05, 4.69) is 10.3 Å². The number of benzene rings is 2. The van der Waals surface area contributed by atoms with Crippen LogP contribution in [-0.2, 0) is 11.2 Å². The number of halogens is 1. The van der Waals surface area contributed by atoms with E-state index in [-0.39, 0.29) is 12.1 Å². The highest BCUT2D eigenvalue weighted by molar-refractivity contribution is 6.32. The predicted molar refractivity (Wildman–Crippen MR) is 104 cm³/mol. The van der Waals surface area contributed by atoms with E-state index in [0.717, 1.165) is 10.9 Å². The summed E-state index contributed by atoms with van der Waals surface area (Å²) in [7, 11) is 1.52. The Labute approximate surface area is 161 Å². The molecule has 0 fully saturated rings. The molecule has 0 radical (unpaired) electrons. The molecule has 7 heteroatoms. The van der Waals surface area contributed by atoms with Crippen LogP contribution in [0, 0.1) is 0 Å². The molecule has 138 valence electrons. The van der Waals surface area contributed by atoms with Crippen molar-refractivity contribution in [2.45, 2.75) is 12.5 Å². The van der Waals surface area contributed by atoms with Gasteiger partial charge >= 0.3 is 0 Å². The first-order chi connectivity index (χ1) is 13.0. The largest absolute Gasteiger partial charge is 0.495 e. The van der Waals surface area contributed by atoms with Gasteiger partial charge in [0, 0.05) is 11.8 Å². The van der Waals surface area contributed by atoms with Gasteiger partial charge in [-0.2, -0.15) is 0 Å². The fourth-order valence-electron chi connectivity index (χ4n) is 2.72. The minimum Gasteiger partial charge on any atom is -0.495 e. The van der Waals surface area contributed by atoms with Crippen molar-refractivity contribution in [1.29, 1.82) is 0 Å². The lowest BCUT2D eigenvalue weighted by atomic mass is 10.0. The molecule has 0 aliphatic heterocycles. The van der Waals surface area contributed by atoms with Crippen LogP contribution in [-0.4, -0.2) is 29.9 Å². The summed E-state index contributed by atoms with van der Waals surface area (Å²) in [6.07, 6.45) is 0.207. The smallest absolute Gasteiger partial charge is 0.270 e. The third-order valence-corrected chi connectivity index (χ3v) is 4.43. The average molecular weight is 384 g/mol. The van der Waals surface area contributed by atoms with Gasteiger partial charge < -0.3 is 15.8 Å². The number of hydrogen-bond donors (Lipinski definition) is 2. The molecule has 0 spiro atoms. The molecule has 6 nitrogen and oxygen atoms in total. The number of primary amides is 1. The van der Waals surface area contributed by atoms with E-state index in [0.29, 0.717) is 16.3 Å². The van der Waals surface area contributed by atoms with Crippen LogP contribution in [0.15, 0.2) is 54.6 Å². The first-order valence-corrected chi connectivity index (χ1v) is 8.64. The van der Waals surface area contributed by atoms with Crippen molar-refractivity contribution in [3.8, 4) is 5.75 Å². The Kier molecular flexibility index (Phi) is 5.57. The summed E-state index contributed by atoms with van der Waals surface area (Å²) in [4.78, 5) is 28.7. The van der Waals surface area contributed by atoms with E-state index in [1.165, 1.54) is 7.11 Å². The number of hydrogen-bond acceptors (Lipinski definition) is 4. The third kappa shape index (κ3) is 4.35. The number of amides is 2. The molecule has 1 atom stereocenters. The standard InChI is InChI=1S/C20H18ClN3O3/c1-27-18-9-6-12(10-14(18)21)11-17(19(22)25)24-20(26)16-8-7-13-4-2-3-5-15(13)23-16/h2-10,17H,11H2,1H3,(H2,22,25)(H,24,26)/t17-/m0/s1. The maximum atomic E-state index is 12.5.